The molecule has 0 unspecified atom stereocenters. The van der Waals surface area contributed by atoms with Crippen molar-refractivity contribution in [3.05, 3.63) is 59.9 Å². The molecule has 0 radical (unpaired) electrons. The van der Waals surface area contributed by atoms with Crippen molar-refractivity contribution in [2.75, 3.05) is 12.4 Å². The number of halogens is 1. The van der Waals surface area contributed by atoms with E-state index in [-0.39, 0.29) is 24.1 Å². The van der Waals surface area contributed by atoms with Gasteiger partial charge in [-0.05, 0) is 36.2 Å². The molecule has 1 heterocycles. The summed E-state index contributed by atoms with van der Waals surface area (Å²) in [5, 5.41) is 9.43. The fourth-order valence-corrected chi connectivity index (χ4v) is 2.37. The van der Waals surface area contributed by atoms with E-state index in [0.717, 1.165) is 11.1 Å². The summed E-state index contributed by atoms with van der Waals surface area (Å²) in [5.41, 5.74) is 1.64. The molecular formula is C18H17FN4O2. The number of hydrogen-bond acceptors (Lipinski definition) is 4. The summed E-state index contributed by atoms with van der Waals surface area (Å²) in [6.45, 7) is 0. The summed E-state index contributed by atoms with van der Waals surface area (Å²) in [5.74, 6) is 0.858. The number of aryl methyl sites for hydroxylation is 1. The molecule has 0 spiro atoms. The first-order valence-corrected chi connectivity index (χ1v) is 7.76. The molecule has 7 heteroatoms. The molecule has 6 nitrogen and oxygen atoms in total. The van der Waals surface area contributed by atoms with Gasteiger partial charge in [0.05, 0.1) is 12.7 Å². The van der Waals surface area contributed by atoms with E-state index in [1.54, 1.807) is 19.2 Å². The first-order valence-electron chi connectivity index (χ1n) is 7.76. The molecule has 2 aromatic carbocycles. The van der Waals surface area contributed by atoms with Crippen LogP contribution in [-0.4, -0.2) is 28.2 Å². The molecule has 2 N–H and O–H groups in total. The van der Waals surface area contributed by atoms with Crippen LogP contribution in [0.3, 0.4) is 0 Å². The second-order valence-corrected chi connectivity index (χ2v) is 5.38. The Balaban J connectivity index is 1.61. The number of carbonyl (C=O) groups is 1. The Bertz CT molecular complexity index is 862. The molecule has 0 aliphatic heterocycles. The Labute approximate surface area is 144 Å². The van der Waals surface area contributed by atoms with Gasteiger partial charge in [-0.3, -0.25) is 15.2 Å². The minimum absolute atomic E-state index is 0.199. The average molecular weight is 340 g/mol. The Morgan fingerprint density at radius 1 is 1.20 bits per heavy atom. The van der Waals surface area contributed by atoms with Crippen LogP contribution in [0.4, 0.5) is 10.3 Å². The summed E-state index contributed by atoms with van der Waals surface area (Å²) < 4.78 is 18.1. The molecule has 1 aromatic heterocycles. The fraction of sp³-hybridized carbons (Fsp3) is 0.167. The van der Waals surface area contributed by atoms with Gasteiger partial charge in [0.1, 0.15) is 11.6 Å². The summed E-state index contributed by atoms with van der Waals surface area (Å²) in [4.78, 5) is 16.3. The molecular weight excluding hydrogens is 323 g/mol. The maximum Gasteiger partial charge on any atom is 0.249 e. The minimum atomic E-state index is -0.294. The summed E-state index contributed by atoms with van der Waals surface area (Å²) in [6, 6.07) is 13.5. The lowest BCUT2D eigenvalue weighted by molar-refractivity contribution is -0.116. The standard InChI is InChI=1S/C18H17FN4O2/c1-25-15-5-3-2-4-14(15)17-21-18(23-22-17)20-16(24)11-8-12-6-9-13(19)10-7-12/h2-7,9-10H,8,11H2,1H3,(H2,20,21,22,23,24). The van der Waals surface area contributed by atoms with Crippen LogP contribution < -0.4 is 10.1 Å². The molecule has 0 aliphatic carbocycles. The Kier molecular flexibility index (Phi) is 5.03. The van der Waals surface area contributed by atoms with Crippen molar-refractivity contribution >= 4 is 11.9 Å². The molecule has 0 saturated heterocycles. The Hall–Kier alpha value is -3.22. The van der Waals surface area contributed by atoms with E-state index in [1.165, 1.54) is 12.1 Å². The van der Waals surface area contributed by atoms with Gasteiger partial charge in [-0.1, -0.05) is 24.3 Å². The number of carbonyl (C=O) groups excluding carboxylic acids is 1. The van der Waals surface area contributed by atoms with E-state index in [4.69, 9.17) is 4.74 Å². The van der Waals surface area contributed by atoms with E-state index < -0.39 is 0 Å². The molecule has 25 heavy (non-hydrogen) atoms. The number of amides is 1. The smallest absolute Gasteiger partial charge is 0.249 e. The van der Waals surface area contributed by atoms with Gasteiger partial charge in [0.25, 0.3) is 0 Å². The van der Waals surface area contributed by atoms with Crippen LogP contribution in [0.2, 0.25) is 0 Å². The van der Waals surface area contributed by atoms with Crippen molar-refractivity contribution < 1.29 is 13.9 Å². The third-order valence-electron chi connectivity index (χ3n) is 3.65. The third-order valence-corrected chi connectivity index (χ3v) is 3.65. The number of rotatable bonds is 6. The quantitative estimate of drug-likeness (QED) is 0.722. The van der Waals surface area contributed by atoms with Crippen LogP contribution in [0.5, 0.6) is 5.75 Å². The lowest BCUT2D eigenvalue weighted by Gasteiger charge is -2.04. The Morgan fingerprint density at radius 3 is 2.72 bits per heavy atom. The first kappa shape index (κ1) is 16.6. The number of aromatic amines is 1. The third kappa shape index (κ3) is 4.20. The van der Waals surface area contributed by atoms with Crippen LogP contribution in [0.1, 0.15) is 12.0 Å². The maximum absolute atomic E-state index is 12.9. The fourth-order valence-electron chi connectivity index (χ4n) is 2.37. The van der Waals surface area contributed by atoms with Crippen molar-refractivity contribution in [1.29, 1.82) is 0 Å². The van der Waals surface area contributed by atoms with Gasteiger partial charge in [-0.25, -0.2) is 4.39 Å². The molecule has 1 amide bonds. The molecule has 3 aromatic rings. The lowest BCUT2D eigenvalue weighted by atomic mass is 10.1. The number of nitrogens with zero attached hydrogens (tertiary/aromatic N) is 2. The van der Waals surface area contributed by atoms with Gasteiger partial charge in [0.15, 0.2) is 5.82 Å². The lowest BCUT2D eigenvalue weighted by Crippen LogP contribution is -2.13. The van der Waals surface area contributed by atoms with E-state index in [9.17, 15) is 9.18 Å². The van der Waals surface area contributed by atoms with Crippen molar-refractivity contribution in [1.82, 2.24) is 15.2 Å². The Morgan fingerprint density at radius 2 is 1.96 bits per heavy atom. The van der Waals surface area contributed by atoms with Gasteiger partial charge in [-0.15, -0.1) is 5.10 Å². The van der Waals surface area contributed by atoms with Gasteiger partial charge < -0.3 is 4.74 Å². The zero-order valence-electron chi connectivity index (χ0n) is 13.6. The van der Waals surface area contributed by atoms with E-state index in [2.05, 4.69) is 20.5 Å². The number of para-hydroxylation sites is 1. The average Bonchev–Trinajstić information content (AvgIpc) is 3.09. The predicted molar refractivity (Wildman–Crippen MR) is 91.7 cm³/mol. The van der Waals surface area contributed by atoms with Crippen LogP contribution in [0.15, 0.2) is 48.5 Å². The normalized spacial score (nSPS) is 10.5. The van der Waals surface area contributed by atoms with E-state index >= 15 is 0 Å². The van der Waals surface area contributed by atoms with Crippen molar-refractivity contribution in [2.45, 2.75) is 12.8 Å². The zero-order valence-corrected chi connectivity index (χ0v) is 13.6. The van der Waals surface area contributed by atoms with Crippen LogP contribution in [0.25, 0.3) is 11.4 Å². The second kappa shape index (κ2) is 7.57. The molecule has 0 aliphatic rings. The minimum Gasteiger partial charge on any atom is -0.496 e. The zero-order chi connectivity index (χ0) is 17.6. The largest absolute Gasteiger partial charge is 0.496 e. The number of methoxy groups -OCH3 is 1. The second-order valence-electron chi connectivity index (χ2n) is 5.38. The van der Waals surface area contributed by atoms with Gasteiger partial charge >= 0.3 is 0 Å². The molecule has 0 atom stereocenters. The molecule has 3 rings (SSSR count). The molecule has 128 valence electrons. The number of hydrogen-bond donors (Lipinski definition) is 2. The number of ether oxygens (including phenoxy) is 1. The predicted octanol–water partition coefficient (Wildman–Crippen LogP) is 3.19. The van der Waals surface area contributed by atoms with Crippen molar-refractivity contribution in [3.63, 3.8) is 0 Å². The van der Waals surface area contributed by atoms with Crippen LogP contribution in [-0.2, 0) is 11.2 Å². The summed E-state index contributed by atoms with van der Waals surface area (Å²) in [6.07, 6.45) is 0.764. The number of nitrogens with one attached hydrogen (secondary N) is 2. The monoisotopic (exact) mass is 340 g/mol. The number of H-pyrrole nitrogens is 1. The van der Waals surface area contributed by atoms with E-state index in [1.807, 2.05) is 24.3 Å². The highest BCUT2D eigenvalue weighted by atomic mass is 19.1. The summed E-state index contributed by atoms with van der Waals surface area (Å²) in [7, 11) is 1.58. The highest BCUT2D eigenvalue weighted by molar-refractivity contribution is 5.89. The van der Waals surface area contributed by atoms with Crippen molar-refractivity contribution in [2.24, 2.45) is 0 Å². The van der Waals surface area contributed by atoms with Crippen LogP contribution in [0, 0.1) is 5.82 Å². The SMILES string of the molecule is COc1ccccc1-c1nc(NC(=O)CCc2ccc(F)cc2)n[nH]1. The van der Waals surface area contributed by atoms with Crippen LogP contribution >= 0.6 is 0 Å². The topological polar surface area (TPSA) is 79.9 Å². The highest BCUT2D eigenvalue weighted by Gasteiger charge is 2.12. The van der Waals surface area contributed by atoms with E-state index in [0.29, 0.717) is 18.0 Å². The van der Waals surface area contributed by atoms with Gasteiger partial charge in [-0.2, -0.15) is 4.98 Å². The number of aromatic nitrogens is 3. The maximum atomic E-state index is 12.9. The highest BCUT2D eigenvalue weighted by Crippen LogP contribution is 2.27. The number of benzene rings is 2. The summed E-state index contributed by atoms with van der Waals surface area (Å²) >= 11 is 0. The molecule has 0 fully saturated rings. The molecule has 0 bridgehead atoms. The van der Waals surface area contributed by atoms with Gasteiger partial charge in [0.2, 0.25) is 11.9 Å². The van der Waals surface area contributed by atoms with Gasteiger partial charge in [0, 0.05) is 6.42 Å². The first-order chi connectivity index (χ1) is 12.2. The molecule has 0 saturated carbocycles. The number of anilines is 1. The van der Waals surface area contributed by atoms with Crippen molar-refractivity contribution in [3.8, 4) is 17.1 Å².